The number of nitrogens with zero attached hydrogens (tertiary/aromatic N) is 1. The van der Waals surface area contributed by atoms with Crippen molar-refractivity contribution < 1.29 is 14.3 Å². The van der Waals surface area contributed by atoms with E-state index in [4.69, 9.17) is 4.74 Å². The zero-order chi connectivity index (χ0) is 15.1. The molecule has 110 valence electrons. The highest BCUT2D eigenvalue weighted by Crippen LogP contribution is 2.20. The average molecular weight is 455 g/mol. The van der Waals surface area contributed by atoms with Gasteiger partial charge in [-0.05, 0) is 56.7 Å². The molecule has 0 saturated carbocycles. The van der Waals surface area contributed by atoms with Gasteiger partial charge in [0.1, 0.15) is 0 Å². The zero-order valence-corrected chi connectivity index (χ0v) is 15.0. The summed E-state index contributed by atoms with van der Waals surface area (Å²) in [7, 11) is 3.17. The van der Waals surface area contributed by atoms with Crippen LogP contribution in [-0.4, -0.2) is 50.6 Å². The van der Waals surface area contributed by atoms with E-state index in [2.05, 4.69) is 43.8 Å². The molecule has 20 heavy (non-hydrogen) atoms. The number of carbonyl (C=O) groups is 2. The Morgan fingerprint density at radius 3 is 2.80 bits per heavy atom. The molecule has 1 rings (SSSR count). The molecule has 0 radical (unpaired) electrons. The Kier molecular flexibility index (Phi) is 7.46. The molecule has 2 amide bonds. The van der Waals surface area contributed by atoms with Crippen molar-refractivity contribution >= 4 is 50.3 Å². The van der Waals surface area contributed by atoms with Crippen molar-refractivity contribution in [2.75, 3.05) is 33.9 Å². The summed E-state index contributed by atoms with van der Waals surface area (Å²) in [6, 6.07) is 5.51. The summed E-state index contributed by atoms with van der Waals surface area (Å²) in [6.45, 7) is 0.899. The molecule has 0 fully saturated rings. The van der Waals surface area contributed by atoms with E-state index in [1.807, 2.05) is 12.1 Å². The van der Waals surface area contributed by atoms with E-state index in [-0.39, 0.29) is 18.4 Å². The van der Waals surface area contributed by atoms with E-state index < -0.39 is 0 Å². The van der Waals surface area contributed by atoms with E-state index >= 15 is 0 Å². The van der Waals surface area contributed by atoms with Crippen molar-refractivity contribution in [3.8, 4) is 0 Å². The van der Waals surface area contributed by atoms with Gasteiger partial charge in [0.15, 0.2) is 0 Å². The van der Waals surface area contributed by atoms with Crippen LogP contribution >= 0.6 is 38.5 Å². The van der Waals surface area contributed by atoms with Crippen LogP contribution in [0.15, 0.2) is 22.7 Å². The van der Waals surface area contributed by atoms with Gasteiger partial charge in [-0.1, -0.05) is 0 Å². The number of hydrogen-bond acceptors (Lipinski definition) is 3. The van der Waals surface area contributed by atoms with Gasteiger partial charge in [0.25, 0.3) is 5.91 Å². The predicted molar refractivity (Wildman–Crippen MR) is 88.7 cm³/mol. The molecule has 1 aromatic carbocycles. The topological polar surface area (TPSA) is 58.6 Å². The van der Waals surface area contributed by atoms with Crippen molar-refractivity contribution in [2.45, 2.75) is 0 Å². The fourth-order valence-corrected chi connectivity index (χ4v) is 2.41. The third kappa shape index (κ3) is 5.37. The smallest absolute Gasteiger partial charge is 0.255 e. The van der Waals surface area contributed by atoms with Gasteiger partial charge in [0.2, 0.25) is 5.91 Å². The Bertz CT molecular complexity index is 497. The normalized spacial score (nSPS) is 10.2. The first kappa shape index (κ1) is 17.4. The van der Waals surface area contributed by atoms with Crippen LogP contribution in [0.1, 0.15) is 10.4 Å². The SMILES string of the molecule is COCCNC(=O)CN(C)C(=O)c1cc(I)ccc1Br. The van der Waals surface area contributed by atoms with Gasteiger partial charge < -0.3 is 15.0 Å². The molecule has 7 heteroatoms. The van der Waals surface area contributed by atoms with Gasteiger partial charge in [0.05, 0.1) is 18.7 Å². The van der Waals surface area contributed by atoms with Gasteiger partial charge in [-0.2, -0.15) is 0 Å². The molecule has 0 atom stereocenters. The van der Waals surface area contributed by atoms with Gasteiger partial charge >= 0.3 is 0 Å². The first-order valence-corrected chi connectivity index (χ1v) is 7.79. The van der Waals surface area contributed by atoms with Crippen molar-refractivity contribution in [3.05, 3.63) is 31.8 Å². The lowest BCUT2D eigenvalue weighted by atomic mass is 10.2. The van der Waals surface area contributed by atoms with E-state index in [1.54, 1.807) is 20.2 Å². The second-order valence-corrected chi connectivity index (χ2v) is 6.23. The average Bonchev–Trinajstić information content (AvgIpc) is 2.41. The maximum absolute atomic E-state index is 12.3. The highest BCUT2D eigenvalue weighted by molar-refractivity contribution is 14.1. The number of likely N-dealkylation sites (N-methyl/N-ethyl adjacent to an activating group) is 1. The number of benzene rings is 1. The fourth-order valence-electron chi connectivity index (χ4n) is 1.50. The van der Waals surface area contributed by atoms with Crippen LogP contribution in [0.5, 0.6) is 0 Å². The lowest BCUT2D eigenvalue weighted by molar-refractivity contribution is -0.121. The van der Waals surface area contributed by atoms with Gasteiger partial charge in [-0.3, -0.25) is 9.59 Å². The van der Waals surface area contributed by atoms with Crippen molar-refractivity contribution in [1.29, 1.82) is 0 Å². The molecule has 1 aromatic rings. The van der Waals surface area contributed by atoms with E-state index in [1.165, 1.54) is 4.90 Å². The Morgan fingerprint density at radius 1 is 1.45 bits per heavy atom. The predicted octanol–water partition coefficient (Wildman–Crippen LogP) is 1.89. The second-order valence-electron chi connectivity index (χ2n) is 4.13. The summed E-state index contributed by atoms with van der Waals surface area (Å²) in [5.41, 5.74) is 0.545. The summed E-state index contributed by atoms with van der Waals surface area (Å²) < 4.78 is 6.52. The lowest BCUT2D eigenvalue weighted by Crippen LogP contribution is -2.39. The standard InChI is InChI=1S/C13H16BrIN2O3/c1-17(8-12(18)16-5-6-20-2)13(19)10-7-9(15)3-4-11(10)14/h3-4,7H,5-6,8H2,1-2H3,(H,16,18). The molecular weight excluding hydrogens is 439 g/mol. The maximum atomic E-state index is 12.3. The Balaban J connectivity index is 2.62. The molecule has 0 heterocycles. The summed E-state index contributed by atoms with van der Waals surface area (Å²) in [5, 5.41) is 2.68. The Morgan fingerprint density at radius 2 is 2.15 bits per heavy atom. The van der Waals surface area contributed by atoms with Crippen LogP contribution in [0.3, 0.4) is 0 Å². The van der Waals surface area contributed by atoms with E-state index in [9.17, 15) is 9.59 Å². The molecule has 0 saturated heterocycles. The molecule has 0 aliphatic heterocycles. The molecule has 0 aromatic heterocycles. The van der Waals surface area contributed by atoms with Crippen molar-refractivity contribution in [1.82, 2.24) is 10.2 Å². The number of amides is 2. The zero-order valence-electron chi connectivity index (χ0n) is 11.3. The second kappa shape index (κ2) is 8.58. The maximum Gasteiger partial charge on any atom is 0.255 e. The number of halogens is 2. The third-order valence-corrected chi connectivity index (χ3v) is 3.88. The van der Waals surface area contributed by atoms with Crippen LogP contribution in [0.25, 0.3) is 0 Å². The third-order valence-electron chi connectivity index (χ3n) is 2.51. The van der Waals surface area contributed by atoms with Gasteiger partial charge in [-0.25, -0.2) is 0 Å². The van der Waals surface area contributed by atoms with E-state index in [0.29, 0.717) is 18.7 Å². The Hall–Kier alpha value is -0.670. The molecule has 0 unspecified atom stereocenters. The van der Waals surface area contributed by atoms with Crippen LogP contribution in [0.4, 0.5) is 0 Å². The van der Waals surface area contributed by atoms with Gasteiger partial charge in [0, 0.05) is 28.7 Å². The minimum Gasteiger partial charge on any atom is -0.383 e. The van der Waals surface area contributed by atoms with Crippen LogP contribution in [0.2, 0.25) is 0 Å². The van der Waals surface area contributed by atoms with Crippen LogP contribution in [0, 0.1) is 3.57 Å². The number of nitrogens with one attached hydrogen (secondary N) is 1. The summed E-state index contributed by atoms with van der Waals surface area (Å²) in [4.78, 5) is 25.3. The molecule has 0 bridgehead atoms. The van der Waals surface area contributed by atoms with Crippen LogP contribution in [-0.2, 0) is 9.53 Å². The number of carbonyl (C=O) groups excluding carboxylic acids is 2. The molecule has 5 nitrogen and oxygen atoms in total. The number of hydrogen-bond donors (Lipinski definition) is 1. The first-order chi connectivity index (χ1) is 9.45. The fraction of sp³-hybridized carbons (Fsp3) is 0.385. The largest absolute Gasteiger partial charge is 0.383 e. The van der Waals surface area contributed by atoms with Crippen molar-refractivity contribution in [2.24, 2.45) is 0 Å². The molecule has 0 aliphatic carbocycles. The molecule has 0 spiro atoms. The Labute approximate surface area is 140 Å². The highest BCUT2D eigenvalue weighted by atomic mass is 127. The summed E-state index contributed by atoms with van der Waals surface area (Å²) >= 11 is 5.49. The minimum atomic E-state index is -0.209. The molecule has 0 aliphatic rings. The highest BCUT2D eigenvalue weighted by Gasteiger charge is 2.17. The number of rotatable bonds is 6. The minimum absolute atomic E-state index is 0.0143. The summed E-state index contributed by atoms with van der Waals surface area (Å²) in [5.74, 6) is -0.406. The summed E-state index contributed by atoms with van der Waals surface area (Å²) in [6.07, 6.45) is 0. The lowest BCUT2D eigenvalue weighted by Gasteiger charge is -2.17. The monoisotopic (exact) mass is 454 g/mol. The quantitative estimate of drug-likeness (QED) is 0.527. The molecule has 1 N–H and O–H groups in total. The number of ether oxygens (including phenoxy) is 1. The van der Waals surface area contributed by atoms with Gasteiger partial charge in [-0.15, -0.1) is 0 Å². The first-order valence-electron chi connectivity index (χ1n) is 5.92. The van der Waals surface area contributed by atoms with E-state index in [0.717, 1.165) is 8.04 Å². The van der Waals surface area contributed by atoms with Crippen molar-refractivity contribution in [3.63, 3.8) is 0 Å². The number of methoxy groups -OCH3 is 1. The van der Waals surface area contributed by atoms with Crippen LogP contribution < -0.4 is 5.32 Å². The molecular formula is C13H16BrIN2O3.